The van der Waals surface area contributed by atoms with E-state index in [-0.39, 0.29) is 5.97 Å². The highest BCUT2D eigenvalue weighted by Crippen LogP contribution is 2.46. The molecule has 3 aromatic heterocycles. The number of carbonyl (C=O) groups is 1. The summed E-state index contributed by atoms with van der Waals surface area (Å²) in [4.78, 5) is 18.0. The molecular formula is C32H31N3O4. The molecular weight excluding hydrogens is 490 g/mol. The van der Waals surface area contributed by atoms with E-state index in [4.69, 9.17) is 14.2 Å². The minimum Gasteiger partial charge on any atom is -0.493 e. The Hall–Kier alpha value is -4.52. The molecule has 39 heavy (non-hydrogen) atoms. The fraction of sp³-hybridized carbons (Fsp3) is 0.250. The second kappa shape index (κ2) is 9.98. The Morgan fingerprint density at radius 1 is 1.03 bits per heavy atom. The van der Waals surface area contributed by atoms with Gasteiger partial charge in [0, 0.05) is 59.4 Å². The summed E-state index contributed by atoms with van der Waals surface area (Å²) < 4.78 is 21.3. The normalized spacial score (nSPS) is 12.2. The fourth-order valence-electron chi connectivity index (χ4n) is 5.88. The van der Waals surface area contributed by atoms with Crippen LogP contribution in [-0.2, 0) is 24.2 Å². The predicted octanol–water partition coefficient (Wildman–Crippen LogP) is 6.28. The van der Waals surface area contributed by atoms with E-state index in [1.807, 2.05) is 31.3 Å². The molecule has 2 aromatic carbocycles. The molecule has 1 aliphatic heterocycles. The van der Waals surface area contributed by atoms with Crippen LogP contribution >= 0.6 is 0 Å². The van der Waals surface area contributed by atoms with Gasteiger partial charge in [-0.3, -0.25) is 4.98 Å². The van der Waals surface area contributed by atoms with Gasteiger partial charge in [-0.25, -0.2) is 4.79 Å². The quantitative estimate of drug-likeness (QED) is 0.236. The number of rotatable bonds is 7. The van der Waals surface area contributed by atoms with Crippen LogP contribution in [0.5, 0.6) is 11.5 Å². The number of pyridine rings is 1. The molecule has 1 aliphatic rings. The van der Waals surface area contributed by atoms with E-state index >= 15 is 0 Å². The molecule has 0 aliphatic carbocycles. The zero-order valence-corrected chi connectivity index (χ0v) is 22.7. The topological polar surface area (TPSA) is 67.5 Å². The van der Waals surface area contributed by atoms with Crippen LogP contribution in [0, 0.1) is 6.92 Å². The Bertz CT molecular complexity index is 1700. The van der Waals surface area contributed by atoms with Crippen molar-refractivity contribution in [2.75, 3.05) is 20.8 Å². The second-order valence-corrected chi connectivity index (χ2v) is 9.71. The number of fused-ring (bicyclic) bond motifs is 4. The molecule has 5 aromatic rings. The second-order valence-electron chi connectivity index (χ2n) is 9.71. The van der Waals surface area contributed by atoms with Crippen LogP contribution in [-0.4, -0.2) is 40.9 Å². The summed E-state index contributed by atoms with van der Waals surface area (Å²) in [6.45, 7) is 5.71. The van der Waals surface area contributed by atoms with Crippen molar-refractivity contribution < 1.29 is 19.0 Å². The van der Waals surface area contributed by atoms with Crippen LogP contribution in [0.4, 0.5) is 0 Å². The monoisotopic (exact) mass is 521 g/mol. The van der Waals surface area contributed by atoms with Gasteiger partial charge in [-0.05, 0) is 67.3 Å². The lowest BCUT2D eigenvalue weighted by Gasteiger charge is -2.23. The van der Waals surface area contributed by atoms with Crippen molar-refractivity contribution in [2.24, 2.45) is 0 Å². The number of methoxy groups -OCH3 is 2. The summed E-state index contributed by atoms with van der Waals surface area (Å²) in [5.41, 5.74) is 8.75. The predicted molar refractivity (Wildman–Crippen MR) is 152 cm³/mol. The van der Waals surface area contributed by atoms with Crippen molar-refractivity contribution in [1.82, 2.24) is 14.1 Å². The van der Waals surface area contributed by atoms with Gasteiger partial charge in [0.2, 0.25) is 0 Å². The number of nitrogens with zero attached hydrogens (tertiary/aromatic N) is 3. The minimum atomic E-state index is -0.321. The molecule has 0 fully saturated rings. The molecule has 0 unspecified atom stereocenters. The van der Waals surface area contributed by atoms with Crippen molar-refractivity contribution >= 4 is 16.9 Å². The number of carbonyl (C=O) groups excluding carboxylic acids is 1. The van der Waals surface area contributed by atoms with E-state index in [9.17, 15) is 4.79 Å². The summed E-state index contributed by atoms with van der Waals surface area (Å²) in [5, 5.41) is 1.09. The Balaban J connectivity index is 1.58. The van der Waals surface area contributed by atoms with Crippen LogP contribution in [0.2, 0.25) is 0 Å². The fourth-order valence-corrected chi connectivity index (χ4v) is 5.88. The van der Waals surface area contributed by atoms with Gasteiger partial charge in [0.05, 0.1) is 32.1 Å². The minimum absolute atomic E-state index is 0.298. The number of esters is 1. The molecule has 0 spiro atoms. The number of aromatic nitrogens is 3. The highest BCUT2D eigenvalue weighted by Gasteiger charge is 2.33. The maximum atomic E-state index is 13.7. The van der Waals surface area contributed by atoms with Crippen molar-refractivity contribution in [2.45, 2.75) is 33.4 Å². The molecule has 0 amide bonds. The largest absolute Gasteiger partial charge is 0.493 e. The van der Waals surface area contributed by atoms with Gasteiger partial charge >= 0.3 is 5.97 Å². The summed E-state index contributed by atoms with van der Waals surface area (Å²) in [5.74, 6) is 0.999. The standard InChI is InChI=1S/C32H31N3O4/c1-5-39-32(36)30-29(20(2)35-15-11-22-16-27(37-3)28(38-4)17-25(22)31(30)35)24-9-6-10-26-23(24)12-14-34(26)19-21-8-7-13-33-18-21/h6-10,12-14,16-18H,5,11,15,19H2,1-4H3. The lowest BCUT2D eigenvalue weighted by molar-refractivity contribution is 0.0528. The summed E-state index contributed by atoms with van der Waals surface area (Å²) in [6, 6.07) is 16.5. The maximum absolute atomic E-state index is 13.7. The molecule has 7 heteroatoms. The first-order chi connectivity index (χ1) is 19.0. The first-order valence-electron chi connectivity index (χ1n) is 13.2. The van der Waals surface area contributed by atoms with Gasteiger partial charge in [-0.1, -0.05) is 18.2 Å². The molecule has 7 nitrogen and oxygen atoms in total. The van der Waals surface area contributed by atoms with E-state index in [1.165, 1.54) is 0 Å². The average molecular weight is 522 g/mol. The average Bonchev–Trinajstić information content (AvgIpc) is 3.51. The van der Waals surface area contributed by atoms with Gasteiger partial charge in [0.25, 0.3) is 0 Å². The third-order valence-corrected chi connectivity index (χ3v) is 7.63. The van der Waals surface area contributed by atoms with Crippen molar-refractivity contribution in [3.63, 3.8) is 0 Å². The molecule has 0 radical (unpaired) electrons. The van der Waals surface area contributed by atoms with Crippen LogP contribution in [0.15, 0.2) is 67.1 Å². The maximum Gasteiger partial charge on any atom is 0.340 e. The Kier molecular flexibility index (Phi) is 6.35. The number of aryl methyl sites for hydroxylation is 1. The van der Waals surface area contributed by atoms with Gasteiger partial charge in [-0.2, -0.15) is 0 Å². The smallest absolute Gasteiger partial charge is 0.340 e. The lowest BCUT2D eigenvalue weighted by atomic mass is 9.92. The molecule has 6 rings (SSSR count). The highest BCUT2D eigenvalue weighted by atomic mass is 16.5. The van der Waals surface area contributed by atoms with Crippen LogP contribution in [0.1, 0.15) is 34.1 Å². The third kappa shape index (κ3) is 4.05. The van der Waals surface area contributed by atoms with Gasteiger partial charge < -0.3 is 23.3 Å². The van der Waals surface area contributed by atoms with Gasteiger partial charge in [0.1, 0.15) is 0 Å². The van der Waals surface area contributed by atoms with Gasteiger partial charge in [0.15, 0.2) is 11.5 Å². The zero-order valence-electron chi connectivity index (χ0n) is 22.7. The molecule has 0 N–H and O–H groups in total. The third-order valence-electron chi connectivity index (χ3n) is 7.63. The van der Waals surface area contributed by atoms with Crippen molar-refractivity contribution in [3.8, 4) is 33.9 Å². The highest BCUT2D eigenvalue weighted by molar-refractivity contribution is 6.09. The zero-order chi connectivity index (χ0) is 27.1. The molecule has 198 valence electrons. The Morgan fingerprint density at radius 2 is 1.85 bits per heavy atom. The summed E-state index contributed by atoms with van der Waals surface area (Å²) in [6.07, 6.45) is 6.60. The van der Waals surface area contributed by atoms with Gasteiger partial charge in [-0.15, -0.1) is 0 Å². The molecule has 0 bridgehead atoms. The summed E-state index contributed by atoms with van der Waals surface area (Å²) in [7, 11) is 3.27. The van der Waals surface area contributed by atoms with Crippen LogP contribution in [0.25, 0.3) is 33.3 Å². The first-order valence-corrected chi connectivity index (χ1v) is 13.2. The Morgan fingerprint density at radius 3 is 2.59 bits per heavy atom. The van der Waals surface area contributed by atoms with Crippen LogP contribution in [0.3, 0.4) is 0 Å². The Labute approximate surface area is 227 Å². The lowest BCUT2D eigenvalue weighted by Crippen LogP contribution is -2.15. The number of ether oxygens (including phenoxy) is 3. The van der Waals surface area contributed by atoms with Crippen LogP contribution < -0.4 is 9.47 Å². The number of hydrogen-bond acceptors (Lipinski definition) is 5. The molecule has 0 saturated carbocycles. The van der Waals surface area contributed by atoms with Crippen molar-refractivity contribution in [3.05, 3.63) is 89.5 Å². The van der Waals surface area contributed by atoms with Crippen molar-refractivity contribution in [1.29, 1.82) is 0 Å². The van der Waals surface area contributed by atoms with E-state index < -0.39 is 0 Å². The molecule has 0 atom stereocenters. The molecule has 0 saturated heterocycles. The first kappa shape index (κ1) is 24.8. The van der Waals surface area contributed by atoms with E-state index in [1.54, 1.807) is 20.4 Å². The summed E-state index contributed by atoms with van der Waals surface area (Å²) >= 11 is 0. The van der Waals surface area contributed by atoms with E-state index in [0.29, 0.717) is 30.2 Å². The van der Waals surface area contributed by atoms with E-state index in [2.05, 4.69) is 57.6 Å². The number of hydrogen-bond donors (Lipinski definition) is 0. The number of benzene rings is 2. The van der Waals surface area contributed by atoms with E-state index in [0.717, 1.165) is 63.1 Å². The SMILES string of the molecule is CCOC(=O)c1c(-c2cccc3c2ccn3Cc2cccnc2)c(C)n2c1-c1cc(OC)c(OC)cc1CC2. The molecule has 4 heterocycles.